The van der Waals surface area contributed by atoms with E-state index in [1.807, 2.05) is 0 Å². The molecule has 2 saturated heterocycles. The van der Waals surface area contributed by atoms with Crippen LogP contribution >= 0.6 is 24.0 Å². The summed E-state index contributed by atoms with van der Waals surface area (Å²) in [5, 5.41) is 2.59. The molecule has 248 valence electrons. The molecule has 1 aromatic heterocycles. The number of hydrogen-bond acceptors (Lipinski definition) is 9. The van der Waals surface area contributed by atoms with Crippen molar-refractivity contribution in [2.24, 2.45) is 0 Å². The largest absolute Gasteiger partial charge is 0.464 e. The highest BCUT2D eigenvalue weighted by Gasteiger charge is 2.37. The SMILES string of the molecule is O=C(CCN1C(=O)C(=Cc2cccc(-c3cc(C(F)(F)F)cc(C(F)(F)F)c3)n2)SC1=S)NCCC(=O)OCCN1CCOCC1. The molecule has 2 aliphatic heterocycles. The van der Waals surface area contributed by atoms with Crippen molar-refractivity contribution in [3.63, 3.8) is 0 Å². The van der Waals surface area contributed by atoms with E-state index in [4.69, 9.17) is 21.7 Å². The molecule has 1 N–H and O–H groups in total. The predicted molar refractivity (Wildman–Crippen MR) is 160 cm³/mol. The fraction of sp³-hybridized carbons (Fsp3) is 0.414. The van der Waals surface area contributed by atoms with Crippen LogP contribution in [0.25, 0.3) is 17.3 Å². The van der Waals surface area contributed by atoms with E-state index >= 15 is 0 Å². The minimum absolute atomic E-state index is 0.0251. The summed E-state index contributed by atoms with van der Waals surface area (Å²) in [5.74, 6) is -1.42. The van der Waals surface area contributed by atoms with E-state index in [1.54, 1.807) is 0 Å². The number of aromatic nitrogens is 1. The third-order valence-electron chi connectivity index (χ3n) is 6.79. The van der Waals surface area contributed by atoms with Gasteiger partial charge < -0.3 is 14.8 Å². The first-order valence-electron chi connectivity index (χ1n) is 14.0. The highest BCUT2D eigenvalue weighted by Crippen LogP contribution is 2.38. The van der Waals surface area contributed by atoms with Crippen LogP contribution in [-0.2, 0) is 36.2 Å². The van der Waals surface area contributed by atoms with Crippen LogP contribution in [0.1, 0.15) is 29.7 Å². The van der Waals surface area contributed by atoms with Crippen molar-refractivity contribution in [1.29, 1.82) is 0 Å². The van der Waals surface area contributed by atoms with Crippen LogP contribution in [0.2, 0.25) is 0 Å². The van der Waals surface area contributed by atoms with Gasteiger partial charge in [-0.05, 0) is 36.4 Å². The Morgan fingerprint density at radius 3 is 2.35 bits per heavy atom. The fourth-order valence-electron chi connectivity index (χ4n) is 4.41. The topological polar surface area (TPSA) is 101 Å². The van der Waals surface area contributed by atoms with Gasteiger partial charge in [0, 0.05) is 44.7 Å². The van der Waals surface area contributed by atoms with Crippen molar-refractivity contribution >= 4 is 52.2 Å². The molecule has 0 radical (unpaired) electrons. The number of nitrogens with zero attached hydrogens (tertiary/aromatic N) is 3. The van der Waals surface area contributed by atoms with Crippen LogP contribution in [0.4, 0.5) is 26.3 Å². The number of thiocarbonyl (C=S) groups is 1. The molecule has 2 aromatic rings. The van der Waals surface area contributed by atoms with Gasteiger partial charge in [0.05, 0.1) is 47.1 Å². The van der Waals surface area contributed by atoms with Gasteiger partial charge in [0.25, 0.3) is 5.91 Å². The predicted octanol–water partition coefficient (Wildman–Crippen LogP) is 4.76. The summed E-state index contributed by atoms with van der Waals surface area (Å²) in [6.45, 7) is 3.64. The molecule has 2 fully saturated rings. The summed E-state index contributed by atoms with van der Waals surface area (Å²) in [6.07, 6.45) is -8.87. The number of carbonyl (C=O) groups is 3. The number of esters is 1. The number of morpholine rings is 1. The number of alkyl halides is 6. The van der Waals surface area contributed by atoms with Crippen LogP contribution in [0.15, 0.2) is 41.3 Å². The molecular formula is C29H28F6N4O5S2. The molecule has 9 nitrogen and oxygen atoms in total. The van der Waals surface area contributed by atoms with Gasteiger partial charge in [-0.15, -0.1) is 0 Å². The molecule has 0 saturated carbocycles. The van der Waals surface area contributed by atoms with Crippen molar-refractivity contribution in [2.75, 3.05) is 52.5 Å². The summed E-state index contributed by atoms with van der Waals surface area (Å²) in [5.41, 5.74) is -3.43. The number of halogens is 6. The van der Waals surface area contributed by atoms with Crippen LogP contribution < -0.4 is 5.32 Å². The molecule has 46 heavy (non-hydrogen) atoms. The first kappa shape index (κ1) is 35.3. The van der Waals surface area contributed by atoms with E-state index in [-0.39, 0.29) is 59.2 Å². The Labute approximate surface area is 269 Å². The third-order valence-corrected chi connectivity index (χ3v) is 8.17. The molecule has 0 bridgehead atoms. The average Bonchev–Trinajstić information content (AvgIpc) is 3.26. The number of hydrogen-bond donors (Lipinski definition) is 1. The van der Waals surface area contributed by atoms with Crippen LogP contribution in [0.5, 0.6) is 0 Å². The molecule has 0 spiro atoms. The summed E-state index contributed by atoms with van der Waals surface area (Å²) in [6, 6.07) is 5.23. The Morgan fingerprint density at radius 2 is 1.70 bits per heavy atom. The van der Waals surface area contributed by atoms with E-state index in [0.29, 0.717) is 31.9 Å². The Kier molecular flexibility index (Phi) is 11.8. The smallest absolute Gasteiger partial charge is 0.416 e. The molecule has 0 unspecified atom stereocenters. The first-order chi connectivity index (χ1) is 21.7. The number of amides is 2. The summed E-state index contributed by atoms with van der Waals surface area (Å²) in [7, 11) is 0. The number of rotatable bonds is 11. The molecule has 0 aliphatic carbocycles. The number of carbonyl (C=O) groups excluding carboxylic acids is 3. The van der Waals surface area contributed by atoms with Gasteiger partial charge in [-0.3, -0.25) is 24.2 Å². The Morgan fingerprint density at radius 1 is 1.02 bits per heavy atom. The Bertz CT molecular complexity index is 1460. The Hall–Kier alpha value is -3.54. The maximum Gasteiger partial charge on any atom is 0.416 e. The van der Waals surface area contributed by atoms with Crippen molar-refractivity contribution in [3.8, 4) is 11.3 Å². The zero-order valence-electron chi connectivity index (χ0n) is 24.1. The molecule has 4 rings (SSSR count). The van der Waals surface area contributed by atoms with Crippen molar-refractivity contribution < 1.29 is 50.2 Å². The molecule has 3 heterocycles. The minimum atomic E-state index is -5.02. The average molecular weight is 691 g/mol. The minimum Gasteiger partial charge on any atom is -0.464 e. The number of benzene rings is 1. The second-order valence-corrected chi connectivity index (χ2v) is 11.8. The quantitative estimate of drug-likeness (QED) is 0.155. The lowest BCUT2D eigenvalue weighted by Gasteiger charge is -2.26. The standard InChI is InChI=1S/C29H28F6N4O5S2/c30-28(31,32)19-14-18(15-20(16-19)29(33,34)35)22-3-1-2-21(37-22)17-23-26(42)39(27(45)46-23)7-5-24(40)36-6-4-25(41)44-13-10-38-8-11-43-12-9-38/h1-3,14-17H,4-13H2,(H,36,40). The maximum atomic E-state index is 13.3. The van der Waals surface area contributed by atoms with Crippen LogP contribution in [0.3, 0.4) is 0 Å². The second kappa shape index (κ2) is 15.4. The second-order valence-electron chi connectivity index (χ2n) is 10.1. The normalized spacial score (nSPS) is 17.1. The van der Waals surface area contributed by atoms with Gasteiger partial charge in [-0.25, -0.2) is 4.98 Å². The molecule has 0 atom stereocenters. The number of ether oxygens (including phenoxy) is 2. The lowest BCUT2D eigenvalue weighted by Crippen LogP contribution is -2.38. The third kappa shape index (κ3) is 9.98. The molecule has 2 aliphatic rings. The van der Waals surface area contributed by atoms with Gasteiger partial charge in [0.15, 0.2) is 0 Å². The summed E-state index contributed by atoms with van der Waals surface area (Å²) < 4.78 is 90.5. The van der Waals surface area contributed by atoms with E-state index < -0.39 is 46.8 Å². The van der Waals surface area contributed by atoms with Gasteiger partial charge in [-0.2, -0.15) is 26.3 Å². The van der Waals surface area contributed by atoms with Crippen molar-refractivity contribution in [3.05, 3.63) is 58.1 Å². The monoisotopic (exact) mass is 690 g/mol. The van der Waals surface area contributed by atoms with Gasteiger partial charge in [0.1, 0.15) is 10.9 Å². The van der Waals surface area contributed by atoms with Gasteiger partial charge in [-0.1, -0.05) is 30.0 Å². The zero-order chi connectivity index (χ0) is 33.5. The Balaban J connectivity index is 1.30. The lowest BCUT2D eigenvalue weighted by atomic mass is 10.0. The highest BCUT2D eigenvalue weighted by atomic mass is 32.2. The fourth-order valence-corrected chi connectivity index (χ4v) is 5.71. The van der Waals surface area contributed by atoms with E-state index in [0.717, 1.165) is 24.9 Å². The molecule has 1 aromatic carbocycles. The summed E-state index contributed by atoms with van der Waals surface area (Å²) in [4.78, 5) is 44.8. The zero-order valence-corrected chi connectivity index (χ0v) is 25.7. The van der Waals surface area contributed by atoms with Crippen molar-refractivity contribution in [1.82, 2.24) is 20.1 Å². The lowest BCUT2D eigenvalue weighted by molar-refractivity contribution is -0.145. The highest BCUT2D eigenvalue weighted by molar-refractivity contribution is 8.26. The van der Waals surface area contributed by atoms with Gasteiger partial charge in [0.2, 0.25) is 5.91 Å². The van der Waals surface area contributed by atoms with E-state index in [9.17, 15) is 40.7 Å². The number of thioether (sulfide) groups is 1. The maximum absolute atomic E-state index is 13.3. The number of pyridine rings is 1. The molecule has 17 heteroatoms. The van der Waals surface area contributed by atoms with E-state index in [2.05, 4.69) is 15.2 Å². The van der Waals surface area contributed by atoms with Crippen molar-refractivity contribution in [2.45, 2.75) is 25.2 Å². The van der Waals surface area contributed by atoms with Gasteiger partial charge >= 0.3 is 18.3 Å². The van der Waals surface area contributed by atoms with Crippen LogP contribution in [-0.4, -0.2) is 89.4 Å². The van der Waals surface area contributed by atoms with Crippen LogP contribution in [0, 0.1) is 0 Å². The number of nitrogens with one attached hydrogen (secondary N) is 1. The molecular weight excluding hydrogens is 662 g/mol. The van der Waals surface area contributed by atoms with E-state index in [1.165, 1.54) is 29.2 Å². The summed E-state index contributed by atoms with van der Waals surface area (Å²) >= 11 is 6.17. The molecule has 2 amide bonds. The first-order valence-corrected chi connectivity index (χ1v) is 15.2.